The van der Waals surface area contributed by atoms with E-state index in [1.54, 1.807) is 0 Å². The fourth-order valence-electron chi connectivity index (χ4n) is 3.97. The number of hydrogen-bond acceptors (Lipinski definition) is 6. The first-order valence-electron chi connectivity index (χ1n) is 10.5. The minimum Gasteiger partial charge on any atom is -0.394 e. The molecule has 0 spiro atoms. The van der Waals surface area contributed by atoms with E-state index in [2.05, 4.69) is 44.5 Å². The number of aliphatic hydroxyl groups is 2. The molecule has 4 aromatic rings. The molecule has 4 N–H and O–H groups in total. The lowest BCUT2D eigenvalue weighted by Gasteiger charge is -2.32. The number of imidazole rings is 1. The van der Waals surface area contributed by atoms with Gasteiger partial charge < -0.3 is 25.3 Å². The van der Waals surface area contributed by atoms with Gasteiger partial charge in [-0.05, 0) is 23.6 Å². The number of hydrogen-bond donors (Lipinski definition) is 4. The van der Waals surface area contributed by atoms with E-state index >= 15 is 0 Å². The zero-order chi connectivity index (χ0) is 22.1. The Morgan fingerprint density at radius 3 is 2.47 bits per heavy atom. The molecule has 1 fully saturated rings. The van der Waals surface area contributed by atoms with Crippen LogP contribution >= 0.6 is 11.6 Å². The van der Waals surface area contributed by atoms with Gasteiger partial charge >= 0.3 is 0 Å². The molecule has 0 saturated carbocycles. The van der Waals surface area contributed by atoms with Gasteiger partial charge in [0.25, 0.3) is 0 Å². The zero-order valence-corrected chi connectivity index (χ0v) is 18.0. The molecular weight excluding hydrogens is 428 g/mol. The molecule has 8 heteroatoms. The molecule has 32 heavy (non-hydrogen) atoms. The van der Waals surface area contributed by atoms with Crippen LogP contribution in [0.2, 0.25) is 5.02 Å². The Morgan fingerprint density at radius 2 is 1.75 bits per heavy atom. The van der Waals surface area contributed by atoms with Crippen LogP contribution in [0.4, 0.5) is 5.95 Å². The summed E-state index contributed by atoms with van der Waals surface area (Å²) in [6.45, 7) is 0.169. The predicted molar refractivity (Wildman–Crippen MR) is 125 cm³/mol. The van der Waals surface area contributed by atoms with Crippen LogP contribution in [0, 0.1) is 0 Å². The number of pyridine rings is 1. The maximum Gasteiger partial charge on any atom is 0.203 e. The number of fused-ring (bicyclic) bond motifs is 1. The van der Waals surface area contributed by atoms with Gasteiger partial charge in [0.2, 0.25) is 5.95 Å². The Balaban J connectivity index is 1.37. The van der Waals surface area contributed by atoms with Crippen LogP contribution < -0.4 is 5.32 Å². The van der Waals surface area contributed by atoms with Crippen molar-refractivity contribution in [3.05, 3.63) is 65.7 Å². The second kappa shape index (κ2) is 8.88. The molecule has 2 aromatic heterocycles. The standard InChI is InChI=1S/C24H23ClN4O3/c25-18-11-19-23(29-24(27-19)26-17-10-20(31)21(12-30)32-13-17)28-22(18)16-8-6-15(7-9-16)14-4-2-1-3-5-14/h1-9,11,17,20-21,30-31H,10,12-13H2,(H2,26,27,28,29)/t17-,20+,21-/m1/s1. The highest BCUT2D eigenvalue weighted by Crippen LogP contribution is 2.31. The highest BCUT2D eigenvalue weighted by atomic mass is 35.5. The summed E-state index contributed by atoms with van der Waals surface area (Å²) in [5.41, 5.74) is 5.11. The fraction of sp³-hybridized carbons (Fsp3) is 0.250. The summed E-state index contributed by atoms with van der Waals surface area (Å²) in [6, 6.07) is 20.0. The van der Waals surface area contributed by atoms with Gasteiger partial charge in [0, 0.05) is 5.56 Å². The second-order valence-electron chi connectivity index (χ2n) is 7.92. The molecule has 5 rings (SSSR count). The number of anilines is 1. The molecule has 2 aromatic carbocycles. The highest BCUT2D eigenvalue weighted by molar-refractivity contribution is 6.33. The van der Waals surface area contributed by atoms with Crippen LogP contribution in [-0.2, 0) is 4.74 Å². The Bertz CT molecular complexity index is 1210. The third-order valence-electron chi connectivity index (χ3n) is 5.68. The Morgan fingerprint density at radius 1 is 1.03 bits per heavy atom. The number of aromatic nitrogens is 3. The number of ether oxygens (including phenoxy) is 1. The third-order valence-corrected chi connectivity index (χ3v) is 5.97. The van der Waals surface area contributed by atoms with Crippen molar-refractivity contribution in [2.45, 2.75) is 24.7 Å². The lowest BCUT2D eigenvalue weighted by atomic mass is 10.0. The lowest BCUT2D eigenvalue weighted by Crippen LogP contribution is -2.45. The van der Waals surface area contributed by atoms with E-state index in [-0.39, 0.29) is 12.6 Å². The number of halogens is 1. The molecule has 7 nitrogen and oxygen atoms in total. The summed E-state index contributed by atoms with van der Waals surface area (Å²) in [5.74, 6) is 0.531. The SMILES string of the molecule is OC[C@H]1OC[C@H](Nc2nc3nc(-c4ccc(-c5ccccc5)cc4)c(Cl)cc3[nH]2)C[C@@H]1O. The van der Waals surface area contributed by atoms with E-state index < -0.39 is 12.2 Å². The fourth-order valence-corrected chi connectivity index (χ4v) is 4.23. The quantitative estimate of drug-likeness (QED) is 0.368. The van der Waals surface area contributed by atoms with E-state index in [9.17, 15) is 10.2 Å². The first kappa shape index (κ1) is 20.9. The Hall–Kier alpha value is -2.97. The monoisotopic (exact) mass is 450 g/mol. The Kier molecular flexibility index (Phi) is 5.80. The van der Waals surface area contributed by atoms with Crippen LogP contribution in [0.1, 0.15) is 6.42 Å². The van der Waals surface area contributed by atoms with Crippen molar-refractivity contribution in [1.29, 1.82) is 0 Å². The number of nitrogens with one attached hydrogen (secondary N) is 2. The van der Waals surface area contributed by atoms with Crippen molar-refractivity contribution in [3.8, 4) is 22.4 Å². The van der Waals surface area contributed by atoms with Crippen LogP contribution in [0.25, 0.3) is 33.5 Å². The van der Waals surface area contributed by atoms with Crippen molar-refractivity contribution in [1.82, 2.24) is 15.0 Å². The van der Waals surface area contributed by atoms with Gasteiger partial charge in [-0.2, -0.15) is 4.98 Å². The van der Waals surface area contributed by atoms with Crippen LogP contribution in [0.15, 0.2) is 60.7 Å². The highest BCUT2D eigenvalue weighted by Gasteiger charge is 2.29. The van der Waals surface area contributed by atoms with Gasteiger partial charge in [-0.3, -0.25) is 0 Å². The van der Waals surface area contributed by atoms with Crippen molar-refractivity contribution < 1.29 is 14.9 Å². The van der Waals surface area contributed by atoms with E-state index in [4.69, 9.17) is 16.3 Å². The second-order valence-corrected chi connectivity index (χ2v) is 8.32. The molecule has 164 valence electrons. The average molecular weight is 451 g/mol. The maximum atomic E-state index is 10.1. The normalized spacial score (nSPS) is 21.0. The van der Waals surface area contributed by atoms with Crippen LogP contribution in [0.3, 0.4) is 0 Å². The lowest BCUT2D eigenvalue weighted by molar-refractivity contribution is -0.0984. The zero-order valence-electron chi connectivity index (χ0n) is 17.2. The van der Waals surface area contributed by atoms with Gasteiger partial charge in [-0.15, -0.1) is 0 Å². The van der Waals surface area contributed by atoms with Gasteiger partial charge in [0.15, 0.2) is 5.65 Å². The number of benzene rings is 2. The molecule has 1 saturated heterocycles. The summed E-state index contributed by atoms with van der Waals surface area (Å²) in [7, 11) is 0. The molecule has 1 aliphatic rings. The number of aliphatic hydroxyl groups excluding tert-OH is 2. The molecule has 0 aliphatic carbocycles. The third kappa shape index (κ3) is 4.20. The maximum absolute atomic E-state index is 10.1. The largest absolute Gasteiger partial charge is 0.394 e. The average Bonchev–Trinajstić information content (AvgIpc) is 3.20. The summed E-state index contributed by atoms with van der Waals surface area (Å²) < 4.78 is 5.50. The topological polar surface area (TPSA) is 103 Å². The molecule has 3 heterocycles. The molecular formula is C24H23ClN4O3. The van der Waals surface area contributed by atoms with Gasteiger partial charge in [-0.1, -0.05) is 66.2 Å². The van der Waals surface area contributed by atoms with Crippen LogP contribution in [0.5, 0.6) is 0 Å². The van der Waals surface area contributed by atoms with Crippen molar-refractivity contribution in [2.75, 3.05) is 18.5 Å². The molecule has 1 aliphatic heterocycles. The van der Waals surface area contributed by atoms with Gasteiger partial charge in [-0.25, -0.2) is 4.98 Å². The summed E-state index contributed by atoms with van der Waals surface area (Å²) in [4.78, 5) is 12.4. The molecule has 0 bridgehead atoms. The number of aromatic amines is 1. The molecule has 0 radical (unpaired) electrons. The Labute approximate surface area is 190 Å². The first-order chi connectivity index (χ1) is 15.6. The smallest absolute Gasteiger partial charge is 0.203 e. The summed E-state index contributed by atoms with van der Waals surface area (Å²) in [6.07, 6.45) is -0.816. The number of rotatable bonds is 5. The van der Waals surface area contributed by atoms with Crippen molar-refractivity contribution in [3.63, 3.8) is 0 Å². The number of nitrogens with zero attached hydrogens (tertiary/aromatic N) is 2. The minimum absolute atomic E-state index is 0.131. The minimum atomic E-state index is -0.728. The van der Waals surface area contributed by atoms with E-state index in [1.165, 1.54) is 0 Å². The van der Waals surface area contributed by atoms with E-state index in [0.717, 1.165) is 16.7 Å². The molecule has 0 amide bonds. The van der Waals surface area contributed by atoms with Crippen LogP contribution in [-0.4, -0.2) is 56.6 Å². The molecule has 0 unspecified atom stereocenters. The van der Waals surface area contributed by atoms with Crippen molar-refractivity contribution >= 4 is 28.7 Å². The summed E-state index contributed by atoms with van der Waals surface area (Å²) >= 11 is 6.54. The van der Waals surface area contributed by atoms with Gasteiger partial charge in [0.05, 0.1) is 41.6 Å². The van der Waals surface area contributed by atoms with Crippen molar-refractivity contribution in [2.24, 2.45) is 0 Å². The summed E-state index contributed by atoms with van der Waals surface area (Å²) in [5, 5.41) is 23.0. The van der Waals surface area contributed by atoms with E-state index in [0.29, 0.717) is 40.9 Å². The first-order valence-corrected chi connectivity index (χ1v) is 10.9. The van der Waals surface area contributed by atoms with E-state index in [1.807, 2.05) is 36.4 Å². The number of H-pyrrole nitrogens is 1. The van der Waals surface area contributed by atoms with Gasteiger partial charge in [0.1, 0.15) is 6.10 Å². The predicted octanol–water partition coefficient (Wildman–Crippen LogP) is 3.87. The molecule has 3 atom stereocenters.